The number of phenols is 1. The average Bonchev–Trinajstić information content (AvgIpc) is 2.60. The van der Waals surface area contributed by atoms with Crippen LogP contribution in [-0.2, 0) is 10.8 Å². The predicted octanol–water partition coefficient (Wildman–Crippen LogP) is 6.88. The van der Waals surface area contributed by atoms with Gasteiger partial charge in [-0.2, -0.15) is 0 Å². The van der Waals surface area contributed by atoms with Gasteiger partial charge in [0.1, 0.15) is 5.75 Å². The largest absolute Gasteiger partial charge is 0.507 e. The van der Waals surface area contributed by atoms with E-state index in [-0.39, 0.29) is 35.3 Å². The van der Waals surface area contributed by atoms with E-state index in [9.17, 15) is 5.11 Å². The maximum atomic E-state index is 11.1. The standard InChI is InChI=1S/C24H26O/c1-23(2,3)17-11-14-7-8-16-13-19(24(4,5)6)22(25)18-10-9-15(12-17)20(14)21(16)18/h7-13,25H,1-6H3/i7D,8D,9D,10D. The van der Waals surface area contributed by atoms with Crippen LogP contribution in [0.5, 0.6) is 5.75 Å². The fraction of sp³-hybridized carbons (Fsp3) is 0.333. The number of hydrogen-bond acceptors (Lipinski definition) is 1. The van der Waals surface area contributed by atoms with Crippen molar-refractivity contribution < 1.29 is 10.6 Å². The first-order chi connectivity index (χ1) is 13.2. The molecule has 0 fully saturated rings. The summed E-state index contributed by atoms with van der Waals surface area (Å²) in [7, 11) is 0. The third-order valence-corrected chi connectivity index (χ3v) is 5.02. The molecule has 128 valence electrons. The van der Waals surface area contributed by atoms with Crippen LogP contribution < -0.4 is 0 Å². The maximum Gasteiger partial charge on any atom is 0.127 e. The quantitative estimate of drug-likeness (QED) is 0.347. The van der Waals surface area contributed by atoms with E-state index in [2.05, 4.69) is 20.8 Å². The minimum atomic E-state index is -0.406. The van der Waals surface area contributed by atoms with Gasteiger partial charge in [-0.1, -0.05) is 71.8 Å². The Kier molecular flexibility index (Phi) is 2.37. The molecule has 0 aliphatic carbocycles. The first kappa shape index (κ1) is 12.1. The lowest BCUT2D eigenvalue weighted by molar-refractivity contribution is 0.453. The molecule has 0 unspecified atom stereocenters. The van der Waals surface area contributed by atoms with Gasteiger partial charge in [-0.05, 0) is 50.0 Å². The van der Waals surface area contributed by atoms with Gasteiger partial charge in [0.25, 0.3) is 0 Å². The van der Waals surface area contributed by atoms with Crippen LogP contribution in [0.25, 0.3) is 32.3 Å². The van der Waals surface area contributed by atoms with E-state index >= 15 is 0 Å². The molecule has 0 radical (unpaired) electrons. The van der Waals surface area contributed by atoms with Gasteiger partial charge in [-0.15, -0.1) is 0 Å². The SMILES string of the molecule is [2H]c1c([2H])c2cc(C(C)(C)C)c(O)c3c([2H])c([2H])c4cc(C(C)(C)C)cc1c4c23. The predicted molar refractivity (Wildman–Crippen MR) is 109 cm³/mol. The zero-order chi connectivity index (χ0) is 21.6. The zero-order valence-corrected chi connectivity index (χ0v) is 15.7. The highest BCUT2D eigenvalue weighted by atomic mass is 16.3. The molecule has 1 N–H and O–H groups in total. The second kappa shape index (κ2) is 4.88. The molecule has 4 rings (SSSR count). The molecule has 0 spiro atoms. The molecule has 0 bridgehead atoms. The Labute approximate surface area is 155 Å². The number of aromatic hydroxyl groups is 1. The van der Waals surface area contributed by atoms with E-state index in [1.807, 2.05) is 32.9 Å². The van der Waals surface area contributed by atoms with E-state index in [1.165, 1.54) is 0 Å². The van der Waals surface area contributed by atoms with Crippen LogP contribution in [0.4, 0.5) is 0 Å². The Bertz CT molecular complexity index is 1290. The highest BCUT2D eigenvalue weighted by Gasteiger charge is 2.23. The normalized spacial score (nSPS) is 15.6. The summed E-state index contributed by atoms with van der Waals surface area (Å²) >= 11 is 0. The molecule has 0 atom stereocenters. The molecule has 0 aliphatic heterocycles. The van der Waals surface area contributed by atoms with Gasteiger partial charge in [0, 0.05) is 16.3 Å². The molecule has 0 amide bonds. The summed E-state index contributed by atoms with van der Waals surface area (Å²) in [5.74, 6) is 0.00345. The monoisotopic (exact) mass is 334 g/mol. The summed E-state index contributed by atoms with van der Waals surface area (Å²) in [4.78, 5) is 0. The fourth-order valence-electron chi connectivity index (χ4n) is 3.53. The van der Waals surface area contributed by atoms with Crippen LogP contribution in [-0.4, -0.2) is 5.11 Å². The summed E-state index contributed by atoms with van der Waals surface area (Å²) in [6.07, 6.45) is 0. The first-order valence-electron chi connectivity index (χ1n) is 10.7. The molecule has 4 aromatic carbocycles. The highest BCUT2D eigenvalue weighted by Crippen LogP contribution is 2.44. The molecule has 0 heterocycles. The molecule has 0 aromatic heterocycles. The van der Waals surface area contributed by atoms with Gasteiger partial charge in [0.2, 0.25) is 0 Å². The Hall–Kier alpha value is -2.28. The molecule has 0 aliphatic rings. The lowest BCUT2D eigenvalue weighted by Gasteiger charge is -2.24. The van der Waals surface area contributed by atoms with Gasteiger partial charge in [-0.25, -0.2) is 0 Å². The van der Waals surface area contributed by atoms with Crippen LogP contribution >= 0.6 is 0 Å². The van der Waals surface area contributed by atoms with E-state index in [1.54, 1.807) is 6.07 Å². The number of hydrogen-bond donors (Lipinski definition) is 1. The maximum absolute atomic E-state index is 11.1. The summed E-state index contributed by atoms with van der Waals surface area (Å²) in [5.41, 5.74) is 0.982. The second-order valence-corrected chi connectivity index (χ2v) is 9.02. The van der Waals surface area contributed by atoms with Gasteiger partial charge in [0.15, 0.2) is 0 Å². The van der Waals surface area contributed by atoms with Crippen LogP contribution in [0, 0.1) is 0 Å². The van der Waals surface area contributed by atoms with E-state index in [0.29, 0.717) is 37.9 Å². The van der Waals surface area contributed by atoms with Gasteiger partial charge in [-0.3, -0.25) is 0 Å². The Morgan fingerprint density at radius 1 is 0.720 bits per heavy atom. The van der Waals surface area contributed by atoms with Crippen LogP contribution in [0.15, 0.2) is 42.4 Å². The number of phenolic OH excluding ortho intramolecular Hbond substituents is 1. The van der Waals surface area contributed by atoms with Crippen molar-refractivity contribution in [2.75, 3.05) is 0 Å². The van der Waals surface area contributed by atoms with Crippen molar-refractivity contribution in [2.24, 2.45) is 0 Å². The minimum Gasteiger partial charge on any atom is -0.507 e. The van der Waals surface area contributed by atoms with Crippen LogP contribution in [0.3, 0.4) is 0 Å². The van der Waals surface area contributed by atoms with Gasteiger partial charge < -0.3 is 5.11 Å². The lowest BCUT2D eigenvalue weighted by Crippen LogP contribution is -2.12. The van der Waals surface area contributed by atoms with Crippen molar-refractivity contribution in [3.63, 3.8) is 0 Å². The molecule has 0 saturated carbocycles. The molecule has 4 aromatic rings. The smallest absolute Gasteiger partial charge is 0.127 e. The van der Waals surface area contributed by atoms with E-state index in [4.69, 9.17) is 5.48 Å². The molecule has 25 heavy (non-hydrogen) atoms. The minimum absolute atomic E-state index is 0.00345. The van der Waals surface area contributed by atoms with Crippen molar-refractivity contribution in [3.8, 4) is 5.75 Å². The molecule has 1 nitrogen and oxygen atoms in total. The van der Waals surface area contributed by atoms with Crippen molar-refractivity contribution in [1.82, 2.24) is 0 Å². The third-order valence-electron chi connectivity index (χ3n) is 5.02. The lowest BCUT2D eigenvalue weighted by atomic mass is 9.80. The number of rotatable bonds is 0. The molecular formula is C24H26O. The van der Waals surface area contributed by atoms with E-state index in [0.717, 1.165) is 5.56 Å². The Morgan fingerprint density at radius 3 is 1.76 bits per heavy atom. The molecule has 0 saturated heterocycles. The summed E-state index contributed by atoms with van der Waals surface area (Å²) in [5, 5.41) is 14.5. The molecular weight excluding hydrogens is 304 g/mol. The van der Waals surface area contributed by atoms with Gasteiger partial charge in [0.05, 0.1) is 5.48 Å². The van der Waals surface area contributed by atoms with Gasteiger partial charge >= 0.3 is 0 Å². The summed E-state index contributed by atoms with van der Waals surface area (Å²) in [6, 6.07) is 5.88. The van der Waals surface area contributed by atoms with Crippen LogP contribution in [0.2, 0.25) is 0 Å². The third kappa shape index (κ3) is 2.37. The summed E-state index contributed by atoms with van der Waals surface area (Å²) < 4.78 is 34.7. The zero-order valence-electron chi connectivity index (χ0n) is 19.7. The number of benzene rings is 4. The second-order valence-electron chi connectivity index (χ2n) is 9.02. The van der Waals surface area contributed by atoms with E-state index < -0.39 is 5.41 Å². The molecule has 1 heteroatoms. The Morgan fingerprint density at radius 2 is 1.24 bits per heavy atom. The van der Waals surface area contributed by atoms with Crippen molar-refractivity contribution in [1.29, 1.82) is 0 Å². The first-order valence-corrected chi connectivity index (χ1v) is 8.71. The highest BCUT2D eigenvalue weighted by molar-refractivity contribution is 6.24. The van der Waals surface area contributed by atoms with Crippen LogP contribution in [0.1, 0.15) is 58.2 Å². The summed E-state index contributed by atoms with van der Waals surface area (Å²) in [6.45, 7) is 12.1. The topological polar surface area (TPSA) is 20.2 Å². The van der Waals surface area contributed by atoms with Crippen molar-refractivity contribution >= 4 is 32.3 Å². The van der Waals surface area contributed by atoms with Crippen molar-refractivity contribution in [3.05, 3.63) is 53.5 Å². The Balaban J connectivity index is 2.40. The average molecular weight is 334 g/mol. The fourth-order valence-corrected chi connectivity index (χ4v) is 3.53. The van der Waals surface area contributed by atoms with Crippen molar-refractivity contribution in [2.45, 2.75) is 52.4 Å².